The van der Waals surface area contributed by atoms with Gasteiger partial charge in [0.25, 0.3) is 0 Å². The van der Waals surface area contributed by atoms with Crippen LogP contribution in [0.25, 0.3) is 0 Å². The summed E-state index contributed by atoms with van der Waals surface area (Å²) in [5.74, 6) is -0.902. The van der Waals surface area contributed by atoms with E-state index in [1.165, 1.54) is 0 Å². The zero-order valence-corrected chi connectivity index (χ0v) is 10.8. The number of amides is 1. The van der Waals surface area contributed by atoms with Crippen LogP contribution in [0.3, 0.4) is 0 Å². The van der Waals surface area contributed by atoms with E-state index in [2.05, 4.69) is 5.32 Å². The van der Waals surface area contributed by atoms with Crippen molar-refractivity contribution in [2.75, 3.05) is 26.2 Å². The van der Waals surface area contributed by atoms with Gasteiger partial charge in [-0.25, -0.2) is 0 Å². The summed E-state index contributed by atoms with van der Waals surface area (Å²) in [6.07, 6.45) is 0. The molecule has 1 fully saturated rings. The van der Waals surface area contributed by atoms with Gasteiger partial charge in [0.15, 0.2) is 0 Å². The molecule has 0 radical (unpaired) electrons. The second-order valence-electron chi connectivity index (χ2n) is 4.82. The topological polar surface area (TPSA) is 69.6 Å². The van der Waals surface area contributed by atoms with Crippen LogP contribution in [0.15, 0.2) is 0 Å². The number of hydrogen-bond acceptors (Lipinski definition) is 3. The summed E-state index contributed by atoms with van der Waals surface area (Å²) in [5, 5.41) is 12.0. The number of nitrogens with one attached hydrogen (secondary N) is 1. The zero-order valence-electron chi connectivity index (χ0n) is 10.8. The lowest BCUT2D eigenvalue weighted by molar-refractivity contribution is -0.144. The highest BCUT2D eigenvalue weighted by Crippen LogP contribution is 2.19. The summed E-state index contributed by atoms with van der Waals surface area (Å²) in [5.41, 5.74) is 0. The van der Waals surface area contributed by atoms with Crippen LogP contribution in [-0.4, -0.2) is 48.1 Å². The minimum atomic E-state index is -0.853. The average molecular weight is 242 g/mol. The maximum Gasteiger partial charge on any atom is 0.308 e. The lowest BCUT2D eigenvalue weighted by atomic mass is 9.87. The molecule has 1 aliphatic rings. The normalized spacial score (nSPS) is 19.2. The summed E-state index contributed by atoms with van der Waals surface area (Å²) < 4.78 is 0. The van der Waals surface area contributed by atoms with E-state index < -0.39 is 11.9 Å². The van der Waals surface area contributed by atoms with Crippen molar-refractivity contribution in [3.8, 4) is 0 Å². The molecule has 0 aromatic rings. The van der Waals surface area contributed by atoms with Gasteiger partial charge < -0.3 is 15.3 Å². The van der Waals surface area contributed by atoms with Crippen LogP contribution in [0, 0.1) is 17.8 Å². The fraction of sp³-hybridized carbons (Fsp3) is 0.833. The molecule has 1 rings (SSSR count). The number of carbonyl (C=O) groups is 2. The molecule has 17 heavy (non-hydrogen) atoms. The monoisotopic (exact) mass is 242 g/mol. The molecule has 1 aliphatic heterocycles. The minimum absolute atomic E-state index is 0.0165. The van der Waals surface area contributed by atoms with Crippen LogP contribution in [0.4, 0.5) is 0 Å². The highest BCUT2D eigenvalue weighted by molar-refractivity contribution is 5.80. The number of hydrogen-bond donors (Lipinski definition) is 2. The van der Waals surface area contributed by atoms with Gasteiger partial charge in [-0.05, 0) is 25.9 Å². The number of carboxylic acids is 1. The fourth-order valence-corrected chi connectivity index (χ4v) is 1.94. The number of aliphatic carboxylic acids is 1. The predicted octanol–water partition coefficient (Wildman–Crippen LogP) is 0.411. The standard InChI is InChI=1S/C12H22N2O3/c1-4-14(7-8(2)12(16)17)11(15)9(3)10-5-13-6-10/h8-10,13H,4-7H2,1-3H3,(H,16,17). The SMILES string of the molecule is CCN(CC(C)C(=O)O)C(=O)C(C)C1CNC1. The summed E-state index contributed by atoms with van der Waals surface area (Å²) in [4.78, 5) is 24.6. The maximum atomic E-state index is 12.2. The Labute approximate surface area is 102 Å². The minimum Gasteiger partial charge on any atom is -0.481 e. The van der Waals surface area contributed by atoms with Gasteiger partial charge in [0.05, 0.1) is 5.92 Å². The number of carboxylic acid groups (broad SMARTS) is 1. The Kier molecular flexibility index (Phi) is 4.93. The molecule has 0 spiro atoms. The smallest absolute Gasteiger partial charge is 0.308 e. The van der Waals surface area contributed by atoms with Crippen molar-refractivity contribution in [2.45, 2.75) is 20.8 Å². The molecule has 1 saturated heterocycles. The molecule has 2 atom stereocenters. The van der Waals surface area contributed by atoms with Crippen molar-refractivity contribution in [3.05, 3.63) is 0 Å². The number of nitrogens with zero attached hydrogens (tertiary/aromatic N) is 1. The van der Waals surface area contributed by atoms with Crippen LogP contribution in [0.1, 0.15) is 20.8 Å². The van der Waals surface area contributed by atoms with Crippen molar-refractivity contribution in [1.82, 2.24) is 10.2 Å². The van der Waals surface area contributed by atoms with Gasteiger partial charge in [0.1, 0.15) is 0 Å². The summed E-state index contributed by atoms with van der Waals surface area (Å²) in [6, 6.07) is 0. The molecular formula is C12H22N2O3. The van der Waals surface area contributed by atoms with Crippen molar-refractivity contribution in [1.29, 1.82) is 0 Å². The Balaban J connectivity index is 2.53. The van der Waals surface area contributed by atoms with Crippen molar-refractivity contribution in [3.63, 3.8) is 0 Å². The van der Waals surface area contributed by atoms with Gasteiger partial charge in [-0.15, -0.1) is 0 Å². The summed E-state index contributed by atoms with van der Waals surface area (Å²) >= 11 is 0. The molecule has 0 saturated carbocycles. The first kappa shape index (κ1) is 14.0. The van der Waals surface area contributed by atoms with Gasteiger partial charge in [-0.2, -0.15) is 0 Å². The zero-order chi connectivity index (χ0) is 13.0. The highest BCUT2D eigenvalue weighted by Gasteiger charge is 2.32. The Hall–Kier alpha value is -1.10. The Morgan fingerprint density at radius 1 is 1.41 bits per heavy atom. The first-order valence-electron chi connectivity index (χ1n) is 6.19. The lowest BCUT2D eigenvalue weighted by Crippen LogP contribution is -2.51. The summed E-state index contributed by atoms with van der Waals surface area (Å²) in [7, 11) is 0. The quantitative estimate of drug-likeness (QED) is 0.708. The third-order valence-electron chi connectivity index (χ3n) is 3.52. The first-order chi connectivity index (χ1) is 7.97. The van der Waals surface area contributed by atoms with Crippen molar-refractivity contribution < 1.29 is 14.7 Å². The molecule has 0 aliphatic carbocycles. The third kappa shape index (κ3) is 3.43. The number of carbonyl (C=O) groups excluding carboxylic acids is 1. The van der Waals surface area contributed by atoms with Gasteiger partial charge in [0, 0.05) is 19.0 Å². The van der Waals surface area contributed by atoms with Crippen molar-refractivity contribution >= 4 is 11.9 Å². The van der Waals surface area contributed by atoms with E-state index in [0.717, 1.165) is 13.1 Å². The predicted molar refractivity (Wildman–Crippen MR) is 64.6 cm³/mol. The molecule has 1 heterocycles. The maximum absolute atomic E-state index is 12.2. The van der Waals surface area contributed by atoms with E-state index in [1.807, 2.05) is 13.8 Å². The Morgan fingerprint density at radius 3 is 2.35 bits per heavy atom. The average Bonchev–Trinajstić information content (AvgIpc) is 2.21. The molecule has 2 N–H and O–H groups in total. The molecule has 0 aromatic heterocycles. The summed E-state index contributed by atoms with van der Waals surface area (Å²) in [6.45, 7) is 8.10. The van der Waals surface area contributed by atoms with Crippen LogP contribution in [0.5, 0.6) is 0 Å². The van der Waals surface area contributed by atoms with Crippen LogP contribution in [0.2, 0.25) is 0 Å². The number of rotatable bonds is 6. The molecule has 98 valence electrons. The Bertz CT molecular complexity index is 289. The van der Waals surface area contributed by atoms with Gasteiger partial charge in [0.2, 0.25) is 5.91 Å². The molecule has 0 bridgehead atoms. The Morgan fingerprint density at radius 2 is 2.00 bits per heavy atom. The van der Waals surface area contributed by atoms with Crippen molar-refractivity contribution in [2.24, 2.45) is 17.8 Å². The first-order valence-corrected chi connectivity index (χ1v) is 6.19. The fourth-order valence-electron chi connectivity index (χ4n) is 1.94. The molecule has 2 unspecified atom stereocenters. The molecule has 5 heteroatoms. The van der Waals surface area contributed by atoms with Gasteiger partial charge in [-0.1, -0.05) is 13.8 Å². The second kappa shape index (κ2) is 6.00. The van der Waals surface area contributed by atoms with E-state index in [9.17, 15) is 9.59 Å². The van der Waals surface area contributed by atoms with E-state index in [1.54, 1.807) is 11.8 Å². The van der Waals surface area contributed by atoms with Crippen LogP contribution in [-0.2, 0) is 9.59 Å². The van der Waals surface area contributed by atoms with Crippen LogP contribution >= 0.6 is 0 Å². The third-order valence-corrected chi connectivity index (χ3v) is 3.52. The lowest BCUT2D eigenvalue weighted by Gasteiger charge is -2.35. The molecule has 1 amide bonds. The molecule has 5 nitrogen and oxygen atoms in total. The van der Waals surface area contributed by atoms with E-state index in [4.69, 9.17) is 5.11 Å². The van der Waals surface area contributed by atoms with Gasteiger partial charge >= 0.3 is 5.97 Å². The van der Waals surface area contributed by atoms with E-state index in [0.29, 0.717) is 19.0 Å². The van der Waals surface area contributed by atoms with E-state index >= 15 is 0 Å². The molecule has 0 aromatic carbocycles. The van der Waals surface area contributed by atoms with E-state index in [-0.39, 0.29) is 11.8 Å². The molecular weight excluding hydrogens is 220 g/mol. The van der Waals surface area contributed by atoms with Crippen LogP contribution < -0.4 is 5.32 Å². The highest BCUT2D eigenvalue weighted by atomic mass is 16.4. The van der Waals surface area contributed by atoms with Gasteiger partial charge in [-0.3, -0.25) is 9.59 Å². The second-order valence-corrected chi connectivity index (χ2v) is 4.82. The largest absolute Gasteiger partial charge is 0.481 e.